The third kappa shape index (κ3) is 5.14. The Bertz CT molecular complexity index is 1260. The van der Waals surface area contributed by atoms with Crippen LogP contribution in [0.1, 0.15) is 57.9 Å². The first-order valence-electron chi connectivity index (χ1n) is 12.9. The summed E-state index contributed by atoms with van der Waals surface area (Å²) < 4.78 is 7.01. The fourth-order valence-electron chi connectivity index (χ4n) is 6.95. The number of nitrogens with zero attached hydrogens (tertiary/aromatic N) is 1. The zero-order valence-electron chi connectivity index (χ0n) is 21.0. The zero-order chi connectivity index (χ0) is 24.6. The Morgan fingerprint density at radius 2 is 1.74 bits per heavy atom. The van der Waals surface area contributed by atoms with Gasteiger partial charge in [0, 0.05) is 17.9 Å². The van der Waals surface area contributed by atoms with Crippen LogP contribution >= 0.6 is 0 Å². The summed E-state index contributed by atoms with van der Waals surface area (Å²) in [5.41, 5.74) is 2.61. The third-order valence-corrected chi connectivity index (χ3v) is 8.09. The second kappa shape index (κ2) is 9.52. The first-order valence-corrected chi connectivity index (χ1v) is 12.9. The minimum atomic E-state index is -0.0627. The molecule has 2 aliphatic rings. The van der Waals surface area contributed by atoms with Crippen LogP contribution in [0.5, 0.6) is 5.75 Å². The highest BCUT2D eigenvalue weighted by atomic mass is 16.5. The van der Waals surface area contributed by atoms with Crippen molar-refractivity contribution in [3.63, 3.8) is 0 Å². The van der Waals surface area contributed by atoms with Gasteiger partial charge in [0.1, 0.15) is 5.75 Å². The van der Waals surface area contributed by atoms with Gasteiger partial charge in [-0.15, -0.1) is 0 Å². The number of anilines is 1. The summed E-state index contributed by atoms with van der Waals surface area (Å²) in [6.07, 6.45) is 6.81. The topological polar surface area (TPSA) is 60.3 Å². The standard InChI is InChI=1S/C30H36N2O3/c1-20-13-22-15-23(14-20)17-30(2,16-22)18-28(33)31-26-5-4-6-27-25(26)11-12-29(34)32(27)19-21-7-9-24(35-3)10-8-21/h4-12,20,22-23H,13-19H2,1-3H3,(H,31,33). The average molecular weight is 473 g/mol. The van der Waals surface area contributed by atoms with E-state index >= 15 is 0 Å². The highest BCUT2D eigenvalue weighted by Crippen LogP contribution is 2.51. The van der Waals surface area contributed by atoms with E-state index in [2.05, 4.69) is 19.2 Å². The zero-order valence-corrected chi connectivity index (χ0v) is 21.0. The highest BCUT2D eigenvalue weighted by Gasteiger charge is 2.41. The Morgan fingerprint density at radius 1 is 1.03 bits per heavy atom. The number of hydrogen-bond donors (Lipinski definition) is 1. The fourth-order valence-corrected chi connectivity index (χ4v) is 6.95. The summed E-state index contributed by atoms with van der Waals surface area (Å²) in [6.45, 7) is 5.14. The van der Waals surface area contributed by atoms with Crippen molar-refractivity contribution < 1.29 is 9.53 Å². The Hall–Kier alpha value is -3.08. The van der Waals surface area contributed by atoms with Crippen LogP contribution in [0.4, 0.5) is 5.69 Å². The van der Waals surface area contributed by atoms with E-state index in [-0.39, 0.29) is 16.9 Å². The van der Waals surface area contributed by atoms with Gasteiger partial charge in [-0.25, -0.2) is 0 Å². The van der Waals surface area contributed by atoms with Gasteiger partial charge in [0.25, 0.3) is 5.56 Å². The normalized spacial score (nSPS) is 25.9. The maximum absolute atomic E-state index is 13.2. The Balaban J connectivity index is 1.35. The number of carbonyl (C=O) groups is 1. The number of amides is 1. The summed E-state index contributed by atoms with van der Waals surface area (Å²) in [6, 6.07) is 16.9. The molecule has 2 fully saturated rings. The molecule has 5 rings (SSSR count). The molecule has 5 nitrogen and oxygen atoms in total. The van der Waals surface area contributed by atoms with Crippen LogP contribution < -0.4 is 15.6 Å². The van der Waals surface area contributed by atoms with E-state index in [1.54, 1.807) is 17.7 Å². The van der Waals surface area contributed by atoms with Gasteiger partial charge in [-0.2, -0.15) is 0 Å². The summed E-state index contributed by atoms with van der Waals surface area (Å²) in [4.78, 5) is 26.0. The Kier molecular flexibility index (Phi) is 6.43. The van der Waals surface area contributed by atoms with Crippen molar-refractivity contribution >= 4 is 22.5 Å². The number of hydrogen-bond acceptors (Lipinski definition) is 3. The molecule has 3 aromatic rings. The number of rotatable bonds is 6. The molecule has 2 unspecified atom stereocenters. The monoisotopic (exact) mass is 472 g/mol. The van der Waals surface area contributed by atoms with Gasteiger partial charge < -0.3 is 14.6 Å². The molecule has 2 saturated carbocycles. The van der Waals surface area contributed by atoms with Crippen molar-refractivity contribution in [1.29, 1.82) is 0 Å². The van der Waals surface area contributed by atoms with E-state index in [1.165, 1.54) is 19.3 Å². The van der Waals surface area contributed by atoms with Crippen molar-refractivity contribution in [3.05, 3.63) is 70.5 Å². The van der Waals surface area contributed by atoms with Crippen molar-refractivity contribution in [2.45, 2.75) is 58.9 Å². The van der Waals surface area contributed by atoms with Crippen molar-refractivity contribution in [2.24, 2.45) is 23.2 Å². The number of pyridine rings is 1. The van der Waals surface area contributed by atoms with E-state index in [4.69, 9.17) is 4.74 Å². The van der Waals surface area contributed by atoms with E-state index in [0.717, 1.165) is 58.5 Å². The van der Waals surface area contributed by atoms with E-state index in [1.807, 2.05) is 48.5 Å². The van der Waals surface area contributed by atoms with E-state index in [0.29, 0.717) is 13.0 Å². The molecule has 2 aromatic carbocycles. The second-order valence-corrected chi connectivity index (χ2v) is 11.3. The molecule has 2 atom stereocenters. The molecule has 0 radical (unpaired) electrons. The van der Waals surface area contributed by atoms with Gasteiger partial charge in [0.15, 0.2) is 0 Å². The molecule has 0 aliphatic heterocycles. The predicted octanol–water partition coefficient (Wildman–Crippen LogP) is 6.24. The Morgan fingerprint density at radius 3 is 2.43 bits per heavy atom. The molecular weight excluding hydrogens is 436 g/mol. The van der Waals surface area contributed by atoms with Gasteiger partial charge in [-0.1, -0.05) is 32.0 Å². The number of aromatic nitrogens is 1. The fraction of sp³-hybridized carbons (Fsp3) is 0.467. The molecule has 1 amide bonds. The molecule has 184 valence electrons. The van der Waals surface area contributed by atoms with E-state index < -0.39 is 0 Å². The molecule has 35 heavy (non-hydrogen) atoms. The highest BCUT2D eigenvalue weighted by molar-refractivity contribution is 6.01. The van der Waals surface area contributed by atoms with Crippen molar-refractivity contribution in [3.8, 4) is 5.75 Å². The van der Waals surface area contributed by atoms with E-state index in [9.17, 15) is 9.59 Å². The summed E-state index contributed by atoms with van der Waals surface area (Å²) in [7, 11) is 1.64. The first-order chi connectivity index (χ1) is 16.8. The maximum atomic E-state index is 13.2. The third-order valence-electron chi connectivity index (χ3n) is 8.09. The van der Waals surface area contributed by atoms with Crippen LogP contribution in [-0.2, 0) is 11.3 Å². The number of carbonyl (C=O) groups excluding carboxylic acids is 1. The Labute approximate surface area is 207 Å². The van der Waals surface area contributed by atoms with Gasteiger partial charge >= 0.3 is 0 Å². The van der Waals surface area contributed by atoms with Crippen LogP contribution in [0.3, 0.4) is 0 Å². The quantitative estimate of drug-likeness (QED) is 0.462. The number of ether oxygens (including phenoxy) is 1. The summed E-state index contributed by atoms with van der Waals surface area (Å²) in [5.74, 6) is 3.21. The molecule has 1 aromatic heterocycles. The molecule has 0 spiro atoms. The number of methoxy groups -OCH3 is 1. The van der Waals surface area contributed by atoms with Crippen LogP contribution in [0.2, 0.25) is 0 Å². The van der Waals surface area contributed by atoms with Crippen LogP contribution in [0.25, 0.3) is 10.9 Å². The SMILES string of the molecule is COc1ccc(Cn2c(=O)ccc3c(NC(=O)CC4(C)CC5CC(C)CC(C5)C4)cccc32)cc1. The van der Waals surface area contributed by atoms with Gasteiger partial charge in [-0.05, 0) is 91.2 Å². The first kappa shape index (κ1) is 23.7. The minimum absolute atomic E-state index is 0.0627. The lowest BCUT2D eigenvalue weighted by Crippen LogP contribution is -2.38. The van der Waals surface area contributed by atoms with Crippen molar-refractivity contribution in [2.75, 3.05) is 12.4 Å². The maximum Gasteiger partial charge on any atom is 0.251 e. The number of benzene rings is 2. The molecule has 2 aliphatic carbocycles. The predicted molar refractivity (Wildman–Crippen MR) is 141 cm³/mol. The smallest absolute Gasteiger partial charge is 0.251 e. The lowest BCUT2D eigenvalue weighted by atomic mass is 9.58. The largest absolute Gasteiger partial charge is 0.497 e. The summed E-state index contributed by atoms with van der Waals surface area (Å²) in [5, 5.41) is 4.07. The molecule has 2 bridgehead atoms. The van der Waals surface area contributed by atoms with Crippen LogP contribution in [0, 0.1) is 23.2 Å². The van der Waals surface area contributed by atoms with Gasteiger partial charge in [0.05, 0.1) is 24.9 Å². The summed E-state index contributed by atoms with van der Waals surface area (Å²) >= 11 is 0. The molecule has 0 saturated heterocycles. The van der Waals surface area contributed by atoms with Gasteiger partial charge in [0.2, 0.25) is 5.91 Å². The second-order valence-electron chi connectivity index (χ2n) is 11.3. The molecule has 1 N–H and O–H groups in total. The molecule has 1 heterocycles. The minimum Gasteiger partial charge on any atom is -0.497 e. The van der Waals surface area contributed by atoms with Crippen LogP contribution in [-0.4, -0.2) is 17.6 Å². The number of nitrogens with one attached hydrogen (secondary N) is 1. The van der Waals surface area contributed by atoms with Crippen molar-refractivity contribution in [1.82, 2.24) is 4.57 Å². The number of fused-ring (bicyclic) bond motifs is 3. The van der Waals surface area contributed by atoms with Crippen LogP contribution in [0.15, 0.2) is 59.4 Å². The van der Waals surface area contributed by atoms with Gasteiger partial charge in [-0.3, -0.25) is 9.59 Å². The average Bonchev–Trinajstić information content (AvgIpc) is 2.80. The molecule has 5 heteroatoms. The lowest BCUT2D eigenvalue weighted by Gasteiger charge is -2.47. The lowest BCUT2D eigenvalue weighted by molar-refractivity contribution is -0.119. The molecular formula is C30H36N2O3.